The third kappa shape index (κ3) is 4.18. The Balaban J connectivity index is 1.85. The lowest BCUT2D eigenvalue weighted by Gasteiger charge is -2.14. The molecular weight excluding hydrogens is 376 g/mol. The average molecular weight is 397 g/mol. The van der Waals surface area contributed by atoms with Gasteiger partial charge in [0.05, 0.1) is 12.7 Å². The minimum Gasteiger partial charge on any atom is -0.465 e. The van der Waals surface area contributed by atoms with Crippen molar-refractivity contribution in [3.05, 3.63) is 70.6 Å². The molecule has 0 atom stereocenters. The summed E-state index contributed by atoms with van der Waals surface area (Å²) in [5.41, 5.74) is 4.48. The first-order valence-corrected chi connectivity index (χ1v) is 9.64. The minimum absolute atomic E-state index is 0.369. The number of thiophene rings is 1. The molecule has 0 saturated heterocycles. The van der Waals surface area contributed by atoms with Crippen LogP contribution in [0.1, 0.15) is 20.8 Å². The van der Waals surface area contributed by atoms with E-state index in [1.54, 1.807) is 0 Å². The summed E-state index contributed by atoms with van der Waals surface area (Å²) in [6, 6.07) is 18.1. The van der Waals surface area contributed by atoms with Crippen LogP contribution in [-0.2, 0) is 4.74 Å². The van der Waals surface area contributed by atoms with Gasteiger partial charge in [0.2, 0.25) is 0 Å². The van der Waals surface area contributed by atoms with Crippen LogP contribution >= 0.6 is 23.6 Å². The van der Waals surface area contributed by atoms with Crippen LogP contribution in [0.2, 0.25) is 0 Å². The summed E-state index contributed by atoms with van der Waals surface area (Å²) < 4.78 is 4.91. The van der Waals surface area contributed by atoms with Gasteiger partial charge in [-0.25, -0.2) is 4.79 Å². The van der Waals surface area contributed by atoms with E-state index in [9.17, 15) is 4.79 Å². The summed E-state index contributed by atoms with van der Waals surface area (Å²) in [6.07, 6.45) is 0. The van der Waals surface area contributed by atoms with Gasteiger partial charge in [0.25, 0.3) is 0 Å². The molecule has 0 spiro atoms. The van der Waals surface area contributed by atoms with Crippen molar-refractivity contribution in [2.45, 2.75) is 13.8 Å². The lowest BCUT2D eigenvalue weighted by atomic mass is 10.0. The Morgan fingerprint density at radius 3 is 2.37 bits per heavy atom. The molecule has 27 heavy (non-hydrogen) atoms. The Kier molecular flexibility index (Phi) is 5.88. The number of carbonyl (C=O) groups is 1. The lowest BCUT2D eigenvalue weighted by molar-refractivity contribution is 0.0601. The Bertz CT molecular complexity index is 981. The number of esters is 1. The van der Waals surface area contributed by atoms with E-state index in [1.807, 2.05) is 56.3 Å². The third-order valence-corrected chi connectivity index (χ3v) is 5.59. The van der Waals surface area contributed by atoms with Gasteiger partial charge in [-0.2, -0.15) is 0 Å². The molecule has 0 aliphatic rings. The second-order valence-corrected chi connectivity index (χ2v) is 7.60. The molecule has 4 nitrogen and oxygen atoms in total. The monoisotopic (exact) mass is 396 g/mol. The van der Waals surface area contributed by atoms with Crippen LogP contribution in [0.5, 0.6) is 0 Å². The molecule has 3 aromatic rings. The second kappa shape index (κ2) is 8.33. The standard InChI is InChI=1S/C21H20N2O2S2/c1-13-14(2)27-19(18(13)20(24)25-3)23-21(26)22-17-12-8-7-11-16(17)15-9-5-4-6-10-15/h4-12H,1-3H3,(H2,22,23,26). The molecule has 0 saturated carbocycles. The van der Waals surface area contributed by atoms with Crippen molar-refractivity contribution in [3.63, 3.8) is 0 Å². The fourth-order valence-corrected chi connectivity index (χ4v) is 4.11. The number of rotatable bonds is 4. The van der Waals surface area contributed by atoms with Crippen molar-refractivity contribution in [2.75, 3.05) is 17.7 Å². The van der Waals surface area contributed by atoms with Crippen molar-refractivity contribution >= 4 is 45.3 Å². The Morgan fingerprint density at radius 1 is 1.00 bits per heavy atom. The first kappa shape index (κ1) is 19.1. The Hall–Kier alpha value is -2.70. The molecule has 0 aliphatic carbocycles. The third-order valence-electron chi connectivity index (χ3n) is 4.26. The van der Waals surface area contributed by atoms with Gasteiger partial charge in [-0.15, -0.1) is 11.3 Å². The highest BCUT2D eigenvalue weighted by Crippen LogP contribution is 2.33. The summed E-state index contributed by atoms with van der Waals surface area (Å²) in [6.45, 7) is 3.88. The maximum atomic E-state index is 12.1. The number of aryl methyl sites for hydroxylation is 1. The SMILES string of the molecule is COC(=O)c1c(NC(=S)Nc2ccccc2-c2ccccc2)sc(C)c1C. The summed E-state index contributed by atoms with van der Waals surface area (Å²) in [5.74, 6) is -0.369. The number of carbonyl (C=O) groups excluding carboxylic acids is 1. The molecule has 0 unspecified atom stereocenters. The van der Waals surface area contributed by atoms with Crippen molar-refractivity contribution in [1.82, 2.24) is 0 Å². The molecule has 2 N–H and O–H groups in total. The molecule has 3 rings (SSSR count). The maximum absolute atomic E-state index is 12.1. The van der Waals surface area contributed by atoms with Crippen LogP contribution < -0.4 is 10.6 Å². The fraction of sp³-hybridized carbons (Fsp3) is 0.143. The number of nitrogens with one attached hydrogen (secondary N) is 2. The van der Waals surface area contributed by atoms with E-state index in [2.05, 4.69) is 22.8 Å². The summed E-state index contributed by atoms with van der Waals surface area (Å²) >= 11 is 6.98. The van der Waals surface area contributed by atoms with Crippen LogP contribution in [0.25, 0.3) is 11.1 Å². The quantitative estimate of drug-likeness (QED) is 0.442. The highest BCUT2D eigenvalue weighted by molar-refractivity contribution is 7.80. The topological polar surface area (TPSA) is 50.4 Å². The first-order valence-electron chi connectivity index (χ1n) is 8.42. The van der Waals surface area contributed by atoms with Gasteiger partial charge in [0.1, 0.15) is 5.00 Å². The molecule has 0 fully saturated rings. The molecule has 0 aliphatic heterocycles. The number of hydrogen-bond donors (Lipinski definition) is 2. The van der Waals surface area contributed by atoms with E-state index in [0.717, 1.165) is 27.3 Å². The van der Waals surface area contributed by atoms with Crippen molar-refractivity contribution in [1.29, 1.82) is 0 Å². The maximum Gasteiger partial charge on any atom is 0.341 e. The zero-order chi connectivity index (χ0) is 19.4. The smallest absolute Gasteiger partial charge is 0.341 e. The van der Waals surface area contributed by atoms with Crippen LogP contribution in [0.15, 0.2) is 54.6 Å². The fourth-order valence-electron chi connectivity index (χ4n) is 2.78. The molecule has 0 amide bonds. The van der Waals surface area contributed by atoms with Gasteiger partial charge in [-0.1, -0.05) is 48.5 Å². The van der Waals surface area contributed by atoms with E-state index in [0.29, 0.717) is 15.7 Å². The predicted octanol–water partition coefficient (Wildman–Crippen LogP) is 5.63. The molecule has 6 heteroatoms. The van der Waals surface area contributed by atoms with Gasteiger partial charge in [0.15, 0.2) is 5.11 Å². The largest absolute Gasteiger partial charge is 0.465 e. The van der Waals surface area contributed by atoms with E-state index in [1.165, 1.54) is 18.4 Å². The number of ether oxygens (including phenoxy) is 1. The number of benzene rings is 2. The summed E-state index contributed by atoms with van der Waals surface area (Å²) in [5, 5.41) is 7.51. The normalized spacial score (nSPS) is 10.3. The van der Waals surface area contributed by atoms with Crippen LogP contribution in [0, 0.1) is 13.8 Å². The molecule has 1 heterocycles. The molecule has 1 aromatic heterocycles. The van der Waals surface area contributed by atoms with Gasteiger partial charge in [-0.3, -0.25) is 0 Å². The molecular formula is C21H20N2O2S2. The lowest BCUT2D eigenvalue weighted by Crippen LogP contribution is -2.20. The molecule has 138 valence electrons. The zero-order valence-electron chi connectivity index (χ0n) is 15.3. The Labute approximate surface area is 168 Å². The first-order chi connectivity index (χ1) is 13.0. The minimum atomic E-state index is -0.369. The van der Waals surface area contributed by atoms with E-state index in [-0.39, 0.29) is 5.97 Å². The van der Waals surface area contributed by atoms with Crippen molar-refractivity contribution in [2.24, 2.45) is 0 Å². The van der Waals surface area contributed by atoms with E-state index < -0.39 is 0 Å². The van der Waals surface area contributed by atoms with Gasteiger partial charge < -0.3 is 15.4 Å². The van der Waals surface area contributed by atoms with Crippen LogP contribution in [0.3, 0.4) is 0 Å². The van der Waals surface area contributed by atoms with E-state index >= 15 is 0 Å². The van der Waals surface area contributed by atoms with E-state index in [4.69, 9.17) is 17.0 Å². The van der Waals surface area contributed by atoms with Crippen molar-refractivity contribution in [3.8, 4) is 11.1 Å². The molecule has 2 aromatic carbocycles. The summed E-state index contributed by atoms with van der Waals surface area (Å²) in [7, 11) is 1.38. The second-order valence-electron chi connectivity index (χ2n) is 5.97. The number of hydrogen-bond acceptors (Lipinski definition) is 4. The van der Waals surface area contributed by atoms with Gasteiger partial charge >= 0.3 is 5.97 Å². The van der Waals surface area contributed by atoms with Crippen LogP contribution in [-0.4, -0.2) is 18.2 Å². The predicted molar refractivity (Wildman–Crippen MR) is 117 cm³/mol. The Morgan fingerprint density at radius 2 is 1.67 bits per heavy atom. The molecule has 0 bridgehead atoms. The number of methoxy groups -OCH3 is 1. The highest BCUT2D eigenvalue weighted by Gasteiger charge is 2.21. The number of anilines is 2. The van der Waals surface area contributed by atoms with Gasteiger partial charge in [-0.05, 0) is 43.3 Å². The highest BCUT2D eigenvalue weighted by atomic mass is 32.1. The van der Waals surface area contributed by atoms with Gasteiger partial charge in [0, 0.05) is 16.1 Å². The number of para-hydroxylation sites is 1. The average Bonchev–Trinajstić information content (AvgIpc) is 2.95. The zero-order valence-corrected chi connectivity index (χ0v) is 17.0. The van der Waals surface area contributed by atoms with Crippen LogP contribution in [0.4, 0.5) is 10.7 Å². The summed E-state index contributed by atoms with van der Waals surface area (Å²) in [4.78, 5) is 13.2. The van der Waals surface area contributed by atoms with Crippen molar-refractivity contribution < 1.29 is 9.53 Å². The number of thiocarbonyl (C=S) groups is 1. The molecule has 0 radical (unpaired) electrons.